The van der Waals surface area contributed by atoms with Gasteiger partial charge in [0, 0.05) is 13.1 Å². The lowest BCUT2D eigenvalue weighted by molar-refractivity contribution is -0.140. The van der Waals surface area contributed by atoms with E-state index in [9.17, 15) is 31.2 Å². The van der Waals surface area contributed by atoms with Crippen LogP contribution < -0.4 is 9.62 Å². The number of sulfonamides is 1. The normalized spacial score (nSPS) is 12.4. The molecule has 0 bridgehead atoms. The molecule has 1 N–H and O–H groups in total. The standard InChI is InChI=1S/C31H36F3N3O4S/c1-4-6-19-35-30(39)28(5-2)36(21-24-11-8-7-9-12-24)29(38)22-37(26-14-10-13-25(20-26)31(32,33)34)42(40,41)27-17-15-23(3)16-18-27/h7-18,20,28H,4-6,19,21-22H2,1-3H3,(H,35,39). The first kappa shape index (κ1) is 32.7. The molecule has 3 aromatic rings. The zero-order valence-corrected chi connectivity index (χ0v) is 24.7. The first-order chi connectivity index (χ1) is 19.9. The van der Waals surface area contributed by atoms with Crippen molar-refractivity contribution in [1.82, 2.24) is 10.2 Å². The number of halogens is 3. The maximum atomic E-state index is 14.0. The SMILES string of the molecule is CCCCNC(=O)C(CC)N(Cc1ccccc1)C(=O)CN(c1cccc(C(F)(F)F)c1)S(=O)(=O)c1ccc(C)cc1. The number of carbonyl (C=O) groups is 2. The van der Waals surface area contributed by atoms with E-state index in [2.05, 4.69) is 5.32 Å². The number of amides is 2. The minimum atomic E-state index is -4.73. The van der Waals surface area contributed by atoms with Gasteiger partial charge in [-0.1, -0.05) is 74.4 Å². The van der Waals surface area contributed by atoms with Crippen LogP contribution >= 0.6 is 0 Å². The third kappa shape index (κ3) is 8.34. The second kappa shape index (κ2) is 14.4. The molecule has 0 heterocycles. The van der Waals surface area contributed by atoms with Gasteiger partial charge in [-0.05, 0) is 55.7 Å². The Bertz CT molecular complexity index is 1450. The summed E-state index contributed by atoms with van der Waals surface area (Å²) in [5.74, 6) is -1.12. The molecule has 0 radical (unpaired) electrons. The minimum absolute atomic E-state index is 0.000385. The molecule has 0 fully saturated rings. The largest absolute Gasteiger partial charge is 0.416 e. The molecule has 3 rings (SSSR count). The smallest absolute Gasteiger partial charge is 0.354 e. The van der Waals surface area contributed by atoms with Crippen LogP contribution in [0.5, 0.6) is 0 Å². The monoisotopic (exact) mass is 603 g/mol. The highest BCUT2D eigenvalue weighted by atomic mass is 32.2. The average Bonchev–Trinajstić information content (AvgIpc) is 2.96. The van der Waals surface area contributed by atoms with E-state index < -0.39 is 40.3 Å². The van der Waals surface area contributed by atoms with E-state index in [0.717, 1.165) is 30.5 Å². The van der Waals surface area contributed by atoms with Crippen molar-refractivity contribution in [2.75, 3.05) is 17.4 Å². The molecule has 0 spiro atoms. The van der Waals surface area contributed by atoms with E-state index in [0.29, 0.717) is 22.5 Å². The molecule has 1 atom stereocenters. The van der Waals surface area contributed by atoms with Gasteiger partial charge in [-0.2, -0.15) is 13.2 Å². The summed E-state index contributed by atoms with van der Waals surface area (Å²) in [5.41, 5.74) is 0.112. The second-order valence-electron chi connectivity index (χ2n) is 9.95. The van der Waals surface area contributed by atoms with Crippen molar-refractivity contribution in [3.63, 3.8) is 0 Å². The maximum absolute atomic E-state index is 14.0. The van der Waals surface area contributed by atoms with E-state index in [1.165, 1.54) is 23.1 Å². The average molecular weight is 604 g/mol. The lowest BCUT2D eigenvalue weighted by atomic mass is 10.1. The van der Waals surface area contributed by atoms with Crippen LogP contribution in [-0.2, 0) is 32.3 Å². The molecule has 0 aromatic heterocycles. The molecule has 1 unspecified atom stereocenters. The number of nitrogens with one attached hydrogen (secondary N) is 1. The molecule has 7 nitrogen and oxygen atoms in total. The van der Waals surface area contributed by atoms with Crippen LogP contribution in [0, 0.1) is 6.92 Å². The molecule has 226 valence electrons. The van der Waals surface area contributed by atoms with Gasteiger partial charge < -0.3 is 10.2 Å². The summed E-state index contributed by atoms with van der Waals surface area (Å²) in [6.45, 7) is 5.08. The number of alkyl halides is 3. The van der Waals surface area contributed by atoms with E-state index in [1.807, 2.05) is 6.92 Å². The van der Waals surface area contributed by atoms with Crippen molar-refractivity contribution in [3.8, 4) is 0 Å². The molecule has 42 heavy (non-hydrogen) atoms. The van der Waals surface area contributed by atoms with Crippen molar-refractivity contribution >= 4 is 27.5 Å². The molecule has 0 saturated heterocycles. The van der Waals surface area contributed by atoms with E-state index in [-0.39, 0.29) is 29.5 Å². The predicted molar refractivity (Wildman–Crippen MR) is 156 cm³/mol. The van der Waals surface area contributed by atoms with Gasteiger partial charge in [-0.25, -0.2) is 8.42 Å². The fourth-order valence-electron chi connectivity index (χ4n) is 4.41. The van der Waals surface area contributed by atoms with Crippen LogP contribution in [0.15, 0.2) is 83.8 Å². The number of benzene rings is 3. The van der Waals surface area contributed by atoms with Gasteiger partial charge in [0.15, 0.2) is 0 Å². The van der Waals surface area contributed by atoms with Gasteiger partial charge in [0.2, 0.25) is 11.8 Å². The summed E-state index contributed by atoms with van der Waals surface area (Å²) in [6, 6.07) is 17.6. The molecule has 0 saturated carbocycles. The Morgan fingerprint density at radius 3 is 2.19 bits per heavy atom. The van der Waals surface area contributed by atoms with Crippen molar-refractivity contribution in [1.29, 1.82) is 0 Å². The second-order valence-corrected chi connectivity index (χ2v) is 11.8. The Morgan fingerprint density at radius 2 is 1.60 bits per heavy atom. The van der Waals surface area contributed by atoms with Gasteiger partial charge in [0.1, 0.15) is 12.6 Å². The number of anilines is 1. The van der Waals surface area contributed by atoms with Crippen LogP contribution in [0.25, 0.3) is 0 Å². The third-order valence-electron chi connectivity index (χ3n) is 6.76. The van der Waals surface area contributed by atoms with E-state index in [1.54, 1.807) is 56.3 Å². The Labute approximate surface area is 245 Å². The molecule has 3 aromatic carbocycles. The lowest BCUT2D eigenvalue weighted by Crippen LogP contribution is -2.52. The molecule has 0 aliphatic carbocycles. The summed E-state index contributed by atoms with van der Waals surface area (Å²) in [4.78, 5) is 28.3. The van der Waals surface area contributed by atoms with Gasteiger partial charge in [-0.3, -0.25) is 13.9 Å². The number of rotatable bonds is 13. The zero-order valence-electron chi connectivity index (χ0n) is 23.9. The Morgan fingerprint density at radius 1 is 0.929 bits per heavy atom. The highest BCUT2D eigenvalue weighted by Crippen LogP contribution is 2.33. The molecule has 2 amide bonds. The molecule has 0 aliphatic heterocycles. The lowest BCUT2D eigenvalue weighted by Gasteiger charge is -2.33. The Hall–Kier alpha value is -3.86. The van der Waals surface area contributed by atoms with Crippen molar-refractivity contribution in [2.45, 2.75) is 63.7 Å². The highest BCUT2D eigenvalue weighted by molar-refractivity contribution is 7.92. The summed E-state index contributed by atoms with van der Waals surface area (Å²) in [7, 11) is -4.49. The number of aryl methyl sites for hydroxylation is 1. The summed E-state index contributed by atoms with van der Waals surface area (Å²) in [6.07, 6.45) is -2.90. The summed E-state index contributed by atoms with van der Waals surface area (Å²) >= 11 is 0. The van der Waals surface area contributed by atoms with Gasteiger partial charge in [-0.15, -0.1) is 0 Å². The predicted octanol–water partition coefficient (Wildman–Crippen LogP) is 5.93. The van der Waals surface area contributed by atoms with E-state index >= 15 is 0 Å². The fourth-order valence-corrected chi connectivity index (χ4v) is 5.82. The highest BCUT2D eigenvalue weighted by Gasteiger charge is 2.35. The molecule has 11 heteroatoms. The van der Waals surface area contributed by atoms with Gasteiger partial charge in [0.25, 0.3) is 10.0 Å². The topological polar surface area (TPSA) is 86.8 Å². The van der Waals surface area contributed by atoms with Crippen molar-refractivity contribution < 1.29 is 31.2 Å². The minimum Gasteiger partial charge on any atom is -0.354 e. The zero-order chi connectivity index (χ0) is 30.9. The van der Waals surface area contributed by atoms with Crippen molar-refractivity contribution in [3.05, 3.63) is 95.6 Å². The number of carbonyl (C=O) groups excluding carboxylic acids is 2. The van der Waals surface area contributed by atoms with Crippen LogP contribution in [-0.4, -0.2) is 44.3 Å². The molecular formula is C31H36F3N3O4S. The van der Waals surface area contributed by atoms with Gasteiger partial charge >= 0.3 is 6.18 Å². The number of unbranched alkanes of at least 4 members (excludes halogenated alkanes) is 1. The Kier molecular flexibility index (Phi) is 11.2. The summed E-state index contributed by atoms with van der Waals surface area (Å²) < 4.78 is 69.2. The molecule has 0 aliphatic rings. The maximum Gasteiger partial charge on any atom is 0.416 e. The van der Waals surface area contributed by atoms with Crippen LogP contribution in [0.4, 0.5) is 18.9 Å². The van der Waals surface area contributed by atoms with Crippen LogP contribution in [0.1, 0.15) is 49.8 Å². The first-order valence-electron chi connectivity index (χ1n) is 13.8. The van der Waals surface area contributed by atoms with Gasteiger partial charge in [0.05, 0.1) is 16.1 Å². The quantitative estimate of drug-likeness (QED) is 0.245. The number of hydrogen-bond donors (Lipinski definition) is 1. The molecular weight excluding hydrogens is 567 g/mol. The first-order valence-corrected chi connectivity index (χ1v) is 15.2. The third-order valence-corrected chi connectivity index (χ3v) is 8.55. The van der Waals surface area contributed by atoms with Crippen LogP contribution in [0.3, 0.4) is 0 Å². The van der Waals surface area contributed by atoms with Crippen molar-refractivity contribution in [2.24, 2.45) is 0 Å². The Balaban J connectivity index is 2.08. The fraction of sp³-hybridized carbons (Fsp3) is 0.355. The van der Waals surface area contributed by atoms with Crippen LogP contribution in [0.2, 0.25) is 0 Å². The number of nitrogens with zero attached hydrogens (tertiary/aromatic N) is 2. The van der Waals surface area contributed by atoms with E-state index in [4.69, 9.17) is 0 Å². The summed E-state index contributed by atoms with van der Waals surface area (Å²) in [5, 5.41) is 2.84. The number of hydrogen-bond acceptors (Lipinski definition) is 4.